The van der Waals surface area contributed by atoms with Crippen LogP contribution >= 0.6 is 0 Å². The zero-order chi connectivity index (χ0) is 9.26. The minimum atomic E-state index is 0.117. The molecule has 0 bridgehead atoms. The van der Waals surface area contributed by atoms with E-state index in [0.717, 1.165) is 5.69 Å². The Bertz CT molecular complexity index is 407. The number of nitrogen functional groups attached to an aromatic ring is 1. The number of rotatable bonds is 1. The Morgan fingerprint density at radius 2 is 1.77 bits per heavy atom. The second kappa shape index (κ2) is 2.86. The van der Waals surface area contributed by atoms with Gasteiger partial charge < -0.3 is 15.4 Å². The fourth-order valence-electron chi connectivity index (χ4n) is 1.26. The number of nitrogens with zero attached hydrogens (tertiary/aromatic N) is 1. The Labute approximate surface area is 76.0 Å². The van der Waals surface area contributed by atoms with Crippen molar-refractivity contribution in [2.45, 2.75) is 0 Å². The molecule has 3 heteroatoms. The molecule has 0 aliphatic carbocycles. The molecule has 0 amide bonds. The summed E-state index contributed by atoms with van der Waals surface area (Å²) in [6.45, 7) is 0. The predicted octanol–water partition coefficient (Wildman–Crippen LogP) is 1.77. The van der Waals surface area contributed by atoms with Gasteiger partial charge in [-0.25, -0.2) is 0 Å². The second-order valence-electron chi connectivity index (χ2n) is 2.80. The smallest absolute Gasteiger partial charge is 0.140 e. The molecular formula is C10H10N2O. The topological polar surface area (TPSA) is 51.2 Å². The van der Waals surface area contributed by atoms with Crippen LogP contribution in [0.1, 0.15) is 0 Å². The lowest BCUT2D eigenvalue weighted by Gasteiger charge is -2.07. The maximum atomic E-state index is 9.36. The summed E-state index contributed by atoms with van der Waals surface area (Å²) < 4.78 is 1.86. The van der Waals surface area contributed by atoms with E-state index in [1.165, 1.54) is 0 Å². The predicted molar refractivity (Wildman–Crippen MR) is 51.8 cm³/mol. The van der Waals surface area contributed by atoms with Gasteiger partial charge in [0.25, 0.3) is 0 Å². The first-order valence-corrected chi connectivity index (χ1v) is 4.00. The molecule has 13 heavy (non-hydrogen) atoms. The Hall–Kier alpha value is -1.90. The summed E-state index contributed by atoms with van der Waals surface area (Å²) in [6.07, 6.45) is 3.76. The van der Waals surface area contributed by atoms with Gasteiger partial charge in [-0.15, -0.1) is 0 Å². The highest BCUT2D eigenvalue weighted by Crippen LogP contribution is 2.26. The first-order chi connectivity index (χ1) is 6.29. The zero-order valence-corrected chi connectivity index (χ0v) is 7.01. The average molecular weight is 174 g/mol. The van der Waals surface area contributed by atoms with Crippen LogP contribution in [0.25, 0.3) is 5.69 Å². The van der Waals surface area contributed by atoms with E-state index in [1.807, 2.05) is 35.2 Å². The summed E-state index contributed by atoms with van der Waals surface area (Å²) in [7, 11) is 0. The molecule has 1 aromatic carbocycles. The molecule has 0 saturated heterocycles. The zero-order valence-electron chi connectivity index (χ0n) is 7.01. The van der Waals surface area contributed by atoms with E-state index >= 15 is 0 Å². The molecule has 66 valence electrons. The Morgan fingerprint density at radius 1 is 1.08 bits per heavy atom. The molecule has 3 N–H and O–H groups in total. The largest absolute Gasteiger partial charge is 0.506 e. The minimum Gasteiger partial charge on any atom is -0.506 e. The van der Waals surface area contributed by atoms with Crippen LogP contribution in [0.15, 0.2) is 42.7 Å². The van der Waals surface area contributed by atoms with Gasteiger partial charge in [-0.1, -0.05) is 6.07 Å². The summed E-state index contributed by atoms with van der Waals surface area (Å²) in [4.78, 5) is 0. The number of hydrogen-bond acceptors (Lipinski definition) is 2. The van der Waals surface area contributed by atoms with Crippen molar-refractivity contribution in [3.05, 3.63) is 42.7 Å². The van der Waals surface area contributed by atoms with E-state index in [0.29, 0.717) is 5.69 Å². The standard InChI is InChI=1S/C10H10N2O/c11-10-8(4-3-5-9(10)13)12-6-1-2-7-12/h1-7,13H,11H2. The molecule has 0 saturated carbocycles. The van der Waals surface area contributed by atoms with Crippen molar-refractivity contribution in [1.82, 2.24) is 4.57 Å². The van der Waals surface area contributed by atoms with Crippen molar-refractivity contribution in [2.24, 2.45) is 0 Å². The van der Waals surface area contributed by atoms with E-state index in [9.17, 15) is 5.11 Å². The summed E-state index contributed by atoms with van der Waals surface area (Å²) in [6, 6.07) is 9.01. The van der Waals surface area contributed by atoms with Gasteiger partial charge in [-0.05, 0) is 24.3 Å². The molecule has 1 aromatic heterocycles. The van der Waals surface area contributed by atoms with Crippen LogP contribution < -0.4 is 5.73 Å². The van der Waals surface area contributed by atoms with Crippen LogP contribution in [-0.4, -0.2) is 9.67 Å². The van der Waals surface area contributed by atoms with Gasteiger partial charge in [0.05, 0.1) is 11.4 Å². The Morgan fingerprint density at radius 3 is 2.46 bits per heavy atom. The monoisotopic (exact) mass is 174 g/mol. The molecule has 0 atom stereocenters. The first kappa shape index (κ1) is 7.73. The summed E-state index contributed by atoms with van der Waals surface area (Å²) >= 11 is 0. The number of nitrogens with two attached hydrogens (primary N) is 1. The van der Waals surface area contributed by atoms with Gasteiger partial charge in [0, 0.05) is 12.4 Å². The Kier molecular flexibility index (Phi) is 1.70. The van der Waals surface area contributed by atoms with Crippen LogP contribution in [0.3, 0.4) is 0 Å². The van der Waals surface area contributed by atoms with Crippen LogP contribution in [0.2, 0.25) is 0 Å². The quantitative estimate of drug-likeness (QED) is 0.511. The van der Waals surface area contributed by atoms with Crippen molar-refractivity contribution in [3.63, 3.8) is 0 Å². The van der Waals surface area contributed by atoms with Gasteiger partial charge in [0.1, 0.15) is 5.75 Å². The molecule has 3 nitrogen and oxygen atoms in total. The van der Waals surface area contributed by atoms with Crippen molar-refractivity contribution >= 4 is 5.69 Å². The molecule has 0 spiro atoms. The third kappa shape index (κ3) is 1.24. The van der Waals surface area contributed by atoms with E-state index in [4.69, 9.17) is 5.73 Å². The van der Waals surface area contributed by atoms with Gasteiger partial charge >= 0.3 is 0 Å². The summed E-state index contributed by atoms with van der Waals surface area (Å²) in [5.41, 5.74) is 6.90. The fraction of sp³-hybridized carbons (Fsp3) is 0. The number of hydrogen-bond donors (Lipinski definition) is 2. The molecule has 0 aliphatic heterocycles. The number of aromatic nitrogens is 1. The molecular weight excluding hydrogens is 164 g/mol. The molecule has 2 rings (SSSR count). The van der Waals surface area contributed by atoms with E-state index in [2.05, 4.69) is 0 Å². The average Bonchev–Trinajstić information content (AvgIpc) is 2.62. The third-order valence-corrected chi connectivity index (χ3v) is 1.94. The van der Waals surface area contributed by atoms with Crippen molar-refractivity contribution in [2.75, 3.05) is 5.73 Å². The molecule has 0 fully saturated rings. The van der Waals surface area contributed by atoms with Gasteiger partial charge in [0.15, 0.2) is 0 Å². The van der Waals surface area contributed by atoms with E-state index < -0.39 is 0 Å². The van der Waals surface area contributed by atoms with Crippen molar-refractivity contribution < 1.29 is 5.11 Å². The lowest BCUT2D eigenvalue weighted by molar-refractivity contribution is 0.478. The van der Waals surface area contributed by atoms with E-state index in [-0.39, 0.29) is 5.75 Å². The minimum absolute atomic E-state index is 0.117. The highest BCUT2D eigenvalue weighted by Gasteiger charge is 2.03. The third-order valence-electron chi connectivity index (χ3n) is 1.94. The normalized spacial score (nSPS) is 10.2. The second-order valence-corrected chi connectivity index (χ2v) is 2.80. The lowest BCUT2D eigenvalue weighted by Crippen LogP contribution is -1.96. The Balaban J connectivity index is 2.59. The van der Waals surface area contributed by atoms with Crippen molar-refractivity contribution in [3.8, 4) is 11.4 Å². The summed E-state index contributed by atoms with van der Waals surface area (Å²) in [5, 5.41) is 9.36. The molecule has 0 unspecified atom stereocenters. The number of benzene rings is 1. The van der Waals surface area contributed by atoms with Crippen LogP contribution in [0.4, 0.5) is 5.69 Å². The number of para-hydroxylation sites is 1. The maximum absolute atomic E-state index is 9.36. The number of anilines is 1. The van der Waals surface area contributed by atoms with Gasteiger partial charge in [-0.2, -0.15) is 0 Å². The highest BCUT2D eigenvalue weighted by molar-refractivity contribution is 5.65. The molecule has 0 radical (unpaired) electrons. The summed E-state index contributed by atoms with van der Waals surface area (Å²) in [5.74, 6) is 0.117. The number of phenols is 1. The van der Waals surface area contributed by atoms with Gasteiger partial charge in [-0.3, -0.25) is 0 Å². The fourth-order valence-corrected chi connectivity index (χ4v) is 1.26. The molecule has 0 aliphatic rings. The SMILES string of the molecule is Nc1c(O)cccc1-n1cccc1. The van der Waals surface area contributed by atoms with Crippen molar-refractivity contribution in [1.29, 1.82) is 0 Å². The maximum Gasteiger partial charge on any atom is 0.140 e. The highest BCUT2D eigenvalue weighted by atomic mass is 16.3. The molecule has 2 aromatic rings. The molecule has 1 heterocycles. The van der Waals surface area contributed by atoms with Gasteiger partial charge in [0.2, 0.25) is 0 Å². The number of aromatic hydroxyl groups is 1. The first-order valence-electron chi connectivity index (χ1n) is 4.00. The lowest BCUT2D eigenvalue weighted by atomic mass is 10.2. The van der Waals surface area contributed by atoms with Crippen LogP contribution in [0, 0.1) is 0 Å². The van der Waals surface area contributed by atoms with E-state index in [1.54, 1.807) is 12.1 Å². The number of phenolic OH excluding ortho intramolecular Hbond substituents is 1. The van der Waals surface area contributed by atoms with Crippen LogP contribution in [0.5, 0.6) is 5.75 Å². The van der Waals surface area contributed by atoms with Crippen LogP contribution in [-0.2, 0) is 0 Å².